The van der Waals surface area contributed by atoms with Gasteiger partial charge in [-0.3, -0.25) is 9.67 Å². The van der Waals surface area contributed by atoms with Gasteiger partial charge in [0, 0.05) is 45.2 Å². The highest BCUT2D eigenvalue weighted by Crippen LogP contribution is 2.20. The van der Waals surface area contributed by atoms with Crippen molar-refractivity contribution in [2.45, 2.75) is 26.6 Å². The van der Waals surface area contributed by atoms with Gasteiger partial charge < -0.3 is 20.1 Å². The second-order valence-corrected chi connectivity index (χ2v) is 7.26. The summed E-state index contributed by atoms with van der Waals surface area (Å²) in [5.41, 5.74) is 4.63. The Kier molecular flexibility index (Phi) is 8.48. The van der Waals surface area contributed by atoms with Gasteiger partial charge in [-0.25, -0.2) is 0 Å². The van der Waals surface area contributed by atoms with Gasteiger partial charge in [0.2, 0.25) is 0 Å². The van der Waals surface area contributed by atoms with Gasteiger partial charge >= 0.3 is 0 Å². The first-order chi connectivity index (χ1) is 15.2. The number of aliphatic imine (C=N–C) groups is 1. The van der Waals surface area contributed by atoms with Gasteiger partial charge in [0.05, 0.1) is 13.2 Å². The van der Waals surface area contributed by atoms with Crippen LogP contribution in [0.25, 0.3) is 0 Å². The van der Waals surface area contributed by atoms with Gasteiger partial charge in [-0.05, 0) is 35.7 Å². The minimum absolute atomic E-state index is 0.523. The lowest BCUT2D eigenvalue weighted by atomic mass is 10.1. The van der Waals surface area contributed by atoms with Crippen LogP contribution in [0.1, 0.15) is 22.3 Å². The van der Waals surface area contributed by atoms with Gasteiger partial charge in [-0.2, -0.15) is 5.10 Å². The third kappa shape index (κ3) is 7.15. The van der Waals surface area contributed by atoms with Crippen molar-refractivity contribution in [3.05, 3.63) is 83.2 Å². The molecule has 0 spiro atoms. The van der Waals surface area contributed by atoms with Gasteiger partial charge in [0.25, 0.3) is 0 Å². The Bertz CT molecular complexity index is 970. The van der Waals surface area contributed by atoms with Crippen molar-refractivity contribution >= 4 is 5.96 Å². The van der Waals surface area contributed by atoms with E-state index in [0.717, 1.165) is 29.4 Å². The zero-order valence-electron chi connectivity index (χ0n) is 18.5. The van der Waals surface area contributed by atoms with Crippen molar-refractivity contribution in [1.29, 1.82) is 0 Å². The van der Waals surface area contributed by atoms with E-state index in [2.05, 4.69) is 64.0 Å². The number of rotatable bonds is 10. The van der Waals surface area contributed by atoms with Crippen LogP contribution in [0.15, 0.2) is 65.9 Å². The van der Waals surface area contributed by atoms with E-state index in [9.17, 15) is 0 Å². The van der Waals surface area contributed by atoms with E-state index in [1.165, 1.54) is 11.1 Å². The molecule has 7 nitrogen and oxygen atoms in total. The summed E-state index contributed by atoms with van der Waals surface area (Å²) in [5, 5.41) is 11.0. The molecule has 7 heteroatoms. The number of guanidine groups is 1. The molecule has 0 fully saturated rings. The second-order valence-electron chi connectivity index (χ2n) is 7.26. The summed E-state index contributed by atoms with van der Waals surface area (Å²) in [4.78, 5) is 4.34. The minimum Gasteiger partial charge on any atom is -0.491 e. The molecule has 1 heterocycles. The molecule has 0 atom stereocenters. The van der Waals surface area contributed by atoms with Crippen LogP contribution in [0.2, 0.25) is 0 Å². The number of benzene rings is 2. The van der Waals surface area contributed by atoms with Gasteiger partial charge in [-0.1, -0.05) is 36.4 Å². The monoisotopic (exact) mass is 421 g/mol. The first-order valence-corrected chi connectivity index (χ1v) is 10.4. The lowest BCUT2D eigenvalue weighted by Gasteiger charge is -2.16. The lowest BCUT2D eigenvalue weighted by molar-refractivity contribution is 0.145. The van der Waals surface area contributed by atoms with Crippen molar-refractivity contribution in [2.75, 3.05) is 27.4 Å². The molecule has 0 bridgehead atoms. The number of methoxy groups -OCH3 is 1. The molecule has 2 aromatic carbocycles. The molecule has 164 valence electrons. The van der Waals surface area contributed by atoms with E-state index in [1.807, 2.05) is 23.0 Å². The van der Waals surface area contributed by atoms with Gasteiger partial charge in [-0.15, -0.1) is 0 Å². The second kappa shape index (κ2) is 11.8. The van der Waals surface area contributed by atoms with E-state index >= 15 is 0 Å². The van der Waals surface area contributed by atoms with E-state index in [4.69, 9.17) is 9.47 Å². The fourth-order valence-corrected chi connectivity index (χ4v) is 3.18. The number of aryl methyl sites for hydroxylation is 1. The molecule has 2 N–H and O–H groups in total. The highest BCUT2D eigenvalue weighted by molar-refractivity contribution is 5.79. The predicted molar refractivity (Wildman–Crippen MR) is 123 cm³/mol. The Morgan fingerprint density at radius 1 is 1.03 bits per heavy atom. The van der Waals surface area contributed by atoms with Gasteiger partial charge in [0.1, 0.15) is 12.4 Å². The maximum atomic E-state index is 5.88. The highest BCUT2D eigenvalue weighted by atomic mass is 16.5. The molecule has 0 saturated carbocycles. The quantitative estimate of drug-likeness (QED) is 0.299. The number of aromatic nitrogens is 2. The molecule has 0 aliphatic heterocycles. The topological polar surface area (TPSA) is 72.7 Å². The zero-order valence-corrected chi connectivity index (χ0v) is 18.5. The van der Waals surface area contributed by atoms with Crippen molar-refractivity contribution in [3.63, 3.8) is 0 Å². The summed E-state index contributed by atoms with van der Waals surface area (Å²) >= 11 is 0. The van der Waals surface area contributed by atoms with Crippen LogP contribution in [-0.4, -0.2) is 43.1 Å². The fraction of sp³-hybridized carbons (Fsp3) is 0.333. The van der Waals surface area contributed by atoms with Crippen LogP contribution in [-0.2, 0) is 24.4 Å². The standard InChI is InChI=1S/C24H31N5O2/c1-19-8-9-22(23(14-19)31-13-12-30-3)17-27-24(25-2)26-16-20-6-4-7-21(15-20)18-29-11-5-10-28-29/h4-11,14-15H,12-13,16-18H2,1-3H3,(H2,25,26,27). The molecule has 0 saturated heterocycles. The summed E-state index contributed by atoms with van der Waals surface area (Å²) in [6.45, 7) is 5.19. The van der Waals surface area contributed by atoms with Gasteiger partial charge in [0.15, 0.2) is 5.96 Å². The SMILES string of the molecule is CN=C(NCc1cccc(Cn2cccn2)c1)NCc1ccc(C)cc1OCCOC. The maximum absolute atomic E-state index is 5.88. The van der Waals surface area contributed by atoms with E-state index in [-0.39, 0.29) is 0 Å². The molecule has 31 heavy (non-hydrogen) atoms. The fourth-order valence-electron chi connectivity index (χ4n) is 3.18. The summed E-state index contributed by atoms with van der Waals surface area (Å²) < 4.78 is 12.9. The predicted octanol–water partition coefficient (Wildman–Crippen LogP) is 3.13. The van der Waals surface area contributed by atoms with Crippen LogP contribution >= 0.6 is 0 Å². The highest BCUT2D eigenvalue weighted by Gasteiger charge is 2.06. The average molecular weight is 422 g/mol. The Labute approximate surface area is 184 Å². The van der Waals surface area contributed by atoms with Crippen molar-refractivity contribution in [1.82, 2.24) is 20.4 Å². The summed E-state index contributed by atoms with van der Waals surface area (Å²) in [6.07, 6.45) is 3.76. The Morgan fingerprint density at radius 2 is 1.87 bits per heavy atom. The summed E-state index contributed by atoms with van der Waals surface area (Å²) in [5.74, 6) is 1.60. The largest absolute Gasteiger partial charge is 0.491 e. The molecule has 0 amide bonds. The number of ether oxygens (including phenoxy) is 2. The number of hydrogen-bond donors (Lipinski definition) is 2. The summed E-state index contributed by atoms with van der Waals surface area (Å²) in [6, 6.07) is 16.6. The molecular weight excluding hydrogens is 390 g/mol. The third-order valence-corrected chi connectivity index (χ3v) is 4.79. The molecule has 0 radical (unpaired) electrons. The molecule has 0 aliphatic rings. The number of nitrogens with zero attached hydrogens (tertiary/aromatic N) is 3. The van der Waals surface area contributed by atoms with Crippen molar-refractivity contribution in [2.24, 2.45) is 4.99 Å². The number of hydrogen-bond acceptors (Lipinski definition) is 4. The molecule has 3 aromatic rings. The minimum atomic E-state index is 0.523. The first-order valence-electron chi connectivity index (χ1n) is 10.4. The maximum Gasteiger partial charge on any atom is 0.191 e. The van der Waals surface area contributed by atoms with E-state index in [0.29, 0.717) is 26.3 Å². The van der Waals surface area contributed by atoms with Crippen LogP contribution in [0.3, 0.4) is 0 Å². The van der Waals surface area contributed by atoms with Crippen LogP contribution in [0.4, 0.5) is 0 Å². The third-order valence-electron chi connectivity index (χ3n) is 4.79. The summed E-state index contributed by atoms with van der Waals surface area (Å²) in [7, 11) is 3.44. The average Bonchev–Trinajstić information content (AvgIpc) is 3.28. The first kappa shape index (κ1) is 22.4. The van der Waals surface area contributed by atoms with Crippen LogP contribution < -0.4 is 15.4 Å². The van der Waals surface area contributed by atoms with Crippen molar-refractivity contribution < 1.29 is 9.47 Å². The molecular formula is C24H31N5O2. The Morgan fingerprint density at radius 3 is 2.65 bits per heavy atom. The van der Waals surface area contributed by atoms with E-state index in [1.54, 1.807) is 20.4 Å². The molecule has 3 rings (SSSR count). The molecule has 0 unspecified atom stereocenters. The molecule has 0 aliphatic carbocycles. The molecule has 1 aromatic heterocycles. The van der Waals surface area contributed by atoms with Crippen molar-refractivity contribution in [3.8, 4) is 5.75 Å². The smallest absolute Gasteiger partial charge is 0.191 e. The lowest BCUT2D eigenvalue weighted by Crippen LogP contribution is -2.36. The normalized spacial score (nSPS) is 11.4. The Hall–Kier alpha value is -3.32. The zero-order chi connectivity index (χ0) is 21.9. The number of nitrogens with one attached hydrogen (secondary N) is 2. The van der Waals surface area contributed by atoms with Crippen LogP contribution in [0.5, 0.6) is 5.75 Å². The van der Waals surface area contributed by atoms with Crippen LogP contribution in [0, 0.1) is 6.92 Å². The van der Waals surface area contributed by atoms with E-state index < -0.39 is 0 Å². The Balaban J connectivity index is 1.54.